The molecule has 1 aromatic carbocycles. The number of sulfone groups is 1. The van der Waals surface area contributed by atoms with Crippen LogP contribution in [0.4, 0.5) is 0 Å². The molecule has 0 aliphatic rings. The lowest BCUT2D eigenvalue weighted by atomic mass is 10.2. The Morgan fingerprint density at radius 3 is 2.57 bits per heavy atom. The summed E-state index contributed by atoms with van der Waals surface area (Å²) in [5, 5.41) is 0. The molecule has 0 aliphatic heterocycles. The predicted molar refractivity (Wildman–Crippen MR) is 57.9 cm³/mol. The third-order valence-electron chi connectivity index (χ3n) is 1.75. The summed E-state index contributed by atoms with van der Waals surface area (Å²) in [5.74, 6) is -0.282. The van der Waals surface area contributed by atoms with Gasteiger partial charge in [-0.25, -0.2) is 8.42 Å². The van der Waals surface area contributed by atoms with Crippen molar-refractivity contribution in [1.29, 1.82) is 0 Å². The summed E-state index contributed by atoms with van der Waals surface area (Å²) in [7, 11) is -1.93. The van der Waals surface area contributed by atoms with Gasteiger partial charge in [0.25, 0.3) is 0 Å². The van der Waals surface area contributed by atoms with E-state index in [1.54, 1.807) is 25.1 Å². The van der Waals surface area contributed by atoms with E-state index in [0.29, 0.717) is 4.90 Å². The molecule has 0 unspecified atom stereocenters. The topological polar surface area (TPSA) is 43.4 Å². The molecule has 0 fully saturated rings. The van der Waals surface area contributed by atoms with Crippen LogP contribution in [-0.2, 0) is 14.6 Å². The van der Waals surface area contributed by atoms with Gasteiger partial charge in [-0.05, 0) is 30.7 Å². The maximum atomic E-state index is 11.6. The van der Waals surface area contributed by atoms with Gasteiger partial charge in [-0.2, -0.15) is 0 Å². The number of ether oxygens (including phenoxy) is 1. The lowest BCUT2D eigenvalue weighted by molar-refractivity contribution is 0.249. The maximum absolute atomic E-state index is 11.6. The molecule has 0 atom stereocenters. The molecule has 0 saturated heterocycles. The van der Waals surface area contributed by atoms with Crippen LogP contribution in [0, 0.1) is 6.92 Å². The Labute approximate surface area is 92.1 Å². The summed E-state index contributed by atoms with van der Waals surface area (Å²) < 4.78 is 28.8. The first kappa shape index (κ1) is 11.7. The molecule has 5 heteroatoms. The van der Waals surface area contributed by atoms with E-state index in [0.717, 1.165) is 10.0 Å². The molecule has 78 valence electrons. The van der Waals surface area contributed by atoms with Crippen molar-refractivity contribution in [2.75, 3.05) is 13.0 Å². The third-order valence-corrected chi connectivity index (χ3v) is 3.91. The molecular formula is C9H11BrO3S. The molecule has 14 heavy (non-hydrogen) atoms. The number of aryl methyl sites for hydroxylation is 1. The van der Waals surface area contributed by atoms with Crippen LogP contribution in [0.3, 0.4) is 0 Å². The average Bonchev–Trinajstić information content (AvgIpc) is 2.02. The van der Waals surface area contributed by atoms with Crippen LogP contribution in [0.15, 0.2) is 27.6 Å². The molecule has 0 N–H and O–H groups in total. The predicted octanol–water partition coefficient (Wildman–Crippen LogP) is 2.14. The van der Waals surface area contributed by atoms with Gasteiger partial charge in [0.15, 0.2) is 5.94 Å². The molecule has 0 amide bonds. The van der Waals surface area contributed by atoms with E-state index >= 15 is 0 Å². The minimum atomic E-state index is -3.30. The fourth-order valence-corrected chi connectivity index (χ4v) is 2.92. The molecule has 3 nitrogen and oxygen atoms in total. The van der Waals surface area contributed by atoms with Gasteiger partial charge in [-0.15, -0.1) is 0 Å². The maximum Gasteiger partial charge on any atom is 0.202 e. The summed E-state index contributed by atoms with van der Waals surface area (Å²) in [5.41, 5.74) is 0.719. The Bertz CT molecular complexity index is 426. The highest BCUT2D eigenvalue weighted by Crippen LogP contribution is 2.20. The number of benzene rings is 1. The molecule has 0 radical (unpaired) electrons. The Balaban J connectivity index is 3.20. The van der Waals surface area contributed by atoms with E-state index in [2.05, 4.69) is 20.7 Å². The van der Waals surface area contributed by atoms with Crippen LogP contribution in [-0.4, -0.2) is 21.5 Å². The van der Waals surface area contributed by atoms with Crippen molar-refractivity contribution in [2.45, 2.75) is 11.8 Å². The summed E-state index contributed by atoms with van der Waals surface area (Å²) >= 11 is 3.28. The molecule has 0 spiro atoms. The number of hydrogen-bond donors (Lipinski definition) is 0. The quantitative estimate of drug-likeness (QED) is 0.851. The van der Waals surface area contributed by atoms with Crippen LogP contribution in [0.1, 0.15) is 5.56 Å². The van der Waals surface area contributed by atoms with Crippen molar-refractivity contribution in [2.24, 2.45) is 0 Å². The van der Waals surface area contributed by atoms with Crippen molar-refractivity contribution in [3.63, 3.8) is 0 Å². The summed E-state index contributed by atoms with van der Waals surface area (Å²) in [6.07, 6.45) is 0. The number of halogens is 1. The second-order valence-corrected chi connectivity index (χ2v) is 5.75. The van der Waals surface area contributed by atoms with Gasteiger partial charge in [-0.3, -0.25) is 0 Å². The zero-order chi connectivity index (χ0) is 10.8. The van der Waals surface area contributed by atoms with Gasteiger partial charge >= 0.3 is 0 Å². The summed E-state index contributed by atoms with van der Waals surface area (Å²) in [6, 6.07) is 5.05. The SMILES string of the molecule is COCS(=O)(=O)c1ccc(Br)cc1C. The second-order valence-electron chi connectivity index (χ2n) is 2.93. The largest absolute Gasteiger partial charge is 0.368 e. The van der Waals surface area contributed by atoms with Gasteiger partial charge in [0.05, 0.1) is 4.90 Å². The third kappa shape index (κ3) is 2.56. The number of rotatable bonds is 3. The Kier molecular flexibility index (Phi) is 3.69. The van der Waals surface area contributed by atoms with E-state index in [-0.39, 0.29) is 5.94 Å². The molecule has 0 aromatic heterocycles. The Morgan fingerprint density at radius 1 is 1.43 bits per heavy atom. The van der Waals surface area contributed by atoms with Crippen LogP contribution in [0.2, 0.25) is 0 Å². The molecule has 0 bridgehead atoms. The normalized spacial score (nSPS) is 11.6. The Hall–Kier alpha value is -0.390. The van der Waals surface area contributed by atoms with Crippen molar-refractivity contribution >= 4 is 25.8 Å². The molecular weight excluding hydrogens is 268 g/mol. The first-order chi connectivity index (χ1) is 6.47. The Morgan fingerprint density at radius 2 is 2.07 bits per heavy atom. The fourth-order valence-electron chi connectivity index (χ4n) is 1.18. The van der Waals surface area contributed by atoms with Gasteiger partial charge in [0.2, 0.25) is 9.84 Å². The molecule has 1 aromatic rings. The summed E-state index contributed by atoms with van der Waals surface area (Å²) in [6.45, 7) is 1.76. The van der Waals surface area contributed by atoms with Crippen molar-refractivity contribution in [3.05, 3.63) is 28.2 Å². The minimum Gasteiger partial charge on any atom is -0.368 e. The lowest BCUT2D eigenvalue weighted by Gasteiger charge is -2.06. The van der Waals surface area contributed by atoms with E-state index in [9.17, 15) is 8.42 Å². The van der Waals surface area contributed by atoms with Crippen LogP contribution >= 0.6 is 15.9 Å². The molecule has 1 rings (SSSR count). The van der Waals surface area contributed by atoms with Gasteiger partial charge < -0.3 is 4.74 Å². The van der Waals surface area contributed by atoms with Crippen LogP contribution in [0.5, 0.6) is 0 Å². The monoisotopic (exact) mass is 278 g/mol. The van der Waals surface area contributed by atoms with Crippen LogP contribution in [0.25, 0.3) is 0 Å². The van der Waals surface area contributed by atoms with Crippen LogP contribution < -0.4 is 0 Å². The molecule has 0 heterocycles. The van der Waals surface area contributed by atoms with Crippen molar-refractivity contribution < 1.29 is 13.2 Å². The van der Waals surface area contributed by atoms with E-state index in [4.69, 9.17) is 0 Å². The highest BCUT2D eigenvalue weighted by molar-refractivity contribution is 9.10. The highest BCUT2D eigenvalue weighted by Gasteiger charge is 2.16. The van der Waals surface area contributed by atoms with Gasteiger partial charge in [0, 0.05) is 11.6 Å². The lowest BCUT2D eigenvalue weighted by Crippen LogP contribution is -2.09. The first-order valence-corrected chi connectivity index (χ1v) is 6.40. The number of hydrogen-bond acceptors (Lipinski definition) is 3. The molecule has 0 aliphatic carbocycles. The van der Waals surface area contributed by atoms with Crippen molar-refractivity contribution in [3.8, 4) is 0 Å². The second kappa shape index (κ2) is 4.42. The van der Waals surface area contributed by atoms with Gasteiger partial charge in [0.1, 0.15) is 0 Å². The highest BCUT2D eigenvalue weighted by atomic mass is 79.9. The van der Waals surface area contributed by atoms with E-state index < -0.39 is 9.84 Å². The smallest absolute Gasteiger partial charge is 0.202 e. The first-order valence-electron chi connectivity index (χ1n) is 3.95. The van der Waals surface area contributed by atoms with E-state index in [1.165, 1.54) is 7.11 Å². The average molecular weight is 279 g/mol. The zero-order valence-electron chi connectivity index (χ0n) is 7.95. The summed E-state index contributed by atoms with van der Waals surface area (Å²) in [4.78, 5) is 0.322. The minimum absolute atomic E-state index is 0.282. The van der Waals surface area contributed by atoms with Gasteiger partial charge in [-0.1, -0.05) is 15.9 Å². The zero-order valence-corrected chi connectivity index (χ0v) is 10.4. The van der Waals surface area contributed by atoms with Crippen molar-refractivity contribution in [1.82, 2.24) is 0 Å². The number of methoxy groups -OCH3 is 1. The standard InChI is InChI=1S/C9H11BrO3S/c1-7-5-8(10)3-4-9(7)14(11,12)6-13-2/h3-5H,6H2,1-2H3. The fraction of sp³-hybridized carbons (Fsp3) is 0.333. The molecule has 0 saturated carbocycles. The van der Waals surface area contributed by atoms with E-state index in [1.807, 2.05) is 0 Å².